The van der Waals surface area contributed by atoms with E-state index in [0.717, 1.165) is 5.56 Å². The Kier molecular flexibility index (Phi) is 4.14. The molecule has 8 nitrogen and oxygen atoms in total. The zero-order valence-corrected chi connectivity index (χ0v) is 12.9. The number of non-ortho nitro benzene ring substituents is 1. The molecule has 0 aliphatic carbocycles. The molecule has 0 amide bonds. The van der Waals surface area contributed by atoms with Gasteiger partial charge in [0.15, 0.2) is 0 Å². The molecule has 0 bridgehead atoms. The highest BCUT2D eigenvalue weighted by molar-refractivity contribution is 9.10. The molecule has 0 aliphatic rings. The lowest BCUT2D eigenvalue weighted by Gasteiger charge is -2.02. The van der Waals surface area contributed by atoms with Gasteiger partial charge in [-0.05, 0) is 32.5 Å². The fourth-order valence-corrected chi connectivity index (χ4v) is 2.50. The van der Waals surface area contributed by atoms with Gasteiger partial charge in [0.25, 0.3) is 5.69 Å². The van der Waals surface area contributed by atoms with Crippen LogP contribution < -0.4 is 0 Å². The summed E-state index contributed by atoms with van der Waals surface area (Å²) in [6.07, 6.45) is 1.48. The Labute approximate surface area is 129 Å². The van der Waals surface area contributed by atoms with Gasteiger partial charge in [0.2, 0.25) is 0 Å². The first-order valence-electron chi connectivity index (χ1n) is 5.18. The molecule has 0 saturated heterocycles. The standard InChI is InChI=1S/C10H6Br2N4O4/c11-8-3-7(15(17)18)2-1-6(8)4-14-5-9(12)10(13-14)16(19)20/h1-3,5H,4H2. The van der Waals surface area contributed by atoms with Gasteiger partial charge >= 0.3 is 5.82 Å². The van der Waals surface area contributed by atoms with Crippen LogP contribution >= 0.6 is 31.9 Å². The summed E-state index contributed by atoms with van der Waals surface area (Å²) in [6.45, 7) is 0.255. The predicted molar refractivity (Wildman–Crippen MR) is 76.5 cm³/mol. The third kappa shape index (κ3) is 3.02. The van der Waals surface area contributed by atoms with Crippen LogP contribution in [0.1, 0.15) is 5.56 Å². The number of benzene rings is 1. The molecule has 0 radical (unpaired) electrons. The van der Waals surface area contributed by atoms with E-state index in [2.05, 4.69) is 37.0 Å². The van der Waals surface area contributed by atoms with Crippen molar-refractivity contribution in [3.8, 4) is 0 Å². The van der Waals surface area contributed by atoms with Crippen LogP contribution in [0.5, 0.6) is 0 Å². The summed E-state index contributed by atoms with van der Waals surface area (Å²) in [5, 5.41) is 25.1. The largest absolute Gasteiger partial charge is 0.404 e. The Hall–Kier alpha value is -1.81. The number of aromatic nitrogens is 2. The Morgan fingerprint density at radius 1 is 1.15 bits per heavy atom. The van der Waals surface area contributed by atoms with E-state index in [4.69, 9.17) is 0 Å². The van der Waals surface area contributed by atoms with Gasteiger partial charge in [0.05, 0.1) is 22.8 Å². The Morgan fingerprint density at radius 3 is 2.35 bits per heavy atom. The molecular weight excluding hydrogens is 400 g/mol. The highest BCUT2D eigenvalue weighted by Crippen LogP contribution is 2.26. The molecule has 10 heteroatoms. The second kappa shape index (κ2) is 5.67. The SMILES string of the molecule is O=[N+]([O-])c1ccc(Cn2cc(Br)c([N+](=O)[O-])n2)c(Br)c1. The summed E-state index contributed by atoms with van der Waals surface area (Å²) in [7, 11) is 0. The Balaban J connectivity index is 2.28. The number of rotatable bonds is 4. The molecular formula is C10H6Br2N4O4. The molecule has 0 saturated carbocycles. The molecule has 2 rings (SSSR count). The van der Waals surface area contributed by atoms with E-state index in [-0.39, 0.29) is 22.5 Å². The van der Waals surface area contributed by atoms with Gasteiger partial charge in [0.1, 0.15) is 4.47 Å². The van der Waals surface area contributed by atoms with Gasteiger partial charge in [0, 0.05) is 16.6 Å². The van der Waals surface area contributed by atoms with Crippen LogP contribution in [0.3, 0.4) is 0 Å². The molecule has 0 fully saturated rings. The average molecular weight is 406 g/mol. The summed E-state index contributed by atoms with van der Waals surface area (Å²) in [5.74, 6) is -0.275. The van der Waals surface area contributed by atoms with Crippen LogP contribution in [0, 0.1) is 20.2 Å². The van der Waals surface area contributed by atoms with Crippen LogP contribution in [0.2, 0.25) is 0 Å². The lowest BCUT2D eigenvalue weighted by atomic mass is 10.2. The van der Waals surface area contributed by atoms with Crippen LogP contribution in [0.4, 0.5) is 11.5 Å². The van der Waals surface area contributed by atoms with Crippen molar-refractivity contribution in [2.75, 3.05) is 0 Å². The first kappa shape index (κ1) is 14.6. The van der Waals surface area contributed by atoms with Crippen LogP contribution in [-0.2, 0) is 6.54 Å². The summed E-state index contributed by atoms with van der Waals surface area (Å²) in [5.41, 5.74) is 0.689. The summed E-state index contributed by atoms with van der Waals surface area (Å²) >= 11 is 6.29. The number of nitro benzene ring substituents is 1. The van der Waals surface area contributed by atoms with Gasteiger partial charge < -0.3 is 10.1 Å². The van der Waals surface area contributed by atoms with E-state index in [1.54, 1.807) is 6.07 Å². The van der Waals surface area contributed by atoms with Crippen molar-refractivity contribution in [2.45, 2.75) is 6.54 Å². The minimum Gasteiger partial charge on any atom is -0.358 e. The average Bonchev–Trinajstić information content (AvgIpc) is 2.73. The molecule has 1 aromatic carbocycles. The number of hydrogen-bond acceptors (Lipinski definition) is 5. The third-order valence-electron chi connectivity index (χ3n) is 2.45. The second-order valence-electron chi connectivity index (χ2n) is 3.79. The molecule has 1 aromatic heterocycles. The molecule has 20 heavy (non-hydrogen) atoms. The van der Waals surface area contributed by atoms with Crippen molar-refractivity contribution in [1.29, 1.82) is 0 Å². The predicted octanol–water partition coefficient (Wildman–Crippen LogP) is 3.27. The van der Waals surface area contributed by atoms with E-state index in [0.29, 0.717) is 4.47 Å². The normalized spacial score (nSPS) is 10.5. The van der Waals surface area contributed by atoms with Crippen molar-refractivity contribution in [2.24, 2.45) is 0 Å². The van der Waals surface area contributed by atoms with Gasteiger partial charge in [-0.2, -0.15) is 4.68 Å². The smallest absolute Gasteiger partial charge is 0.358 e. The Bertz CT molecular complexity index is 701. The van der Waals surface area contributed by atoms with Gasteiger partial charge in [-0.3, -0.25) is 10.1 Å². The highest BCUT2D eigenvalue weighted by atomic mass is 79.9. The number of hydrogen-bond donors (Lipinski definition) is 0. The van der Waals surface area contributed by atoms with E-state index >= 15 is 0 Å². The lowest BCUT2D eigenvalue weighted by Crippen LogP contribution is -2.02. The summed E-state index contributed by atoms with van der Waals surface area (Å²) < 4.78 is 2.20. The maximum Gasteiger partial charge on any atom is 0.404 e. The lowest BCUT2D eigenvalue weighted by molar-refractivity contribution is -0.390. The van der Waals surface area contributed by atoms with Gasteiger partial charge in [-0.25, -0.2) is 0 Å². The minimum absolute atomic E-state index is 0.0340. The van der Waals surface area contributed by atoms with Crippen molar-refractivity contribution in [1.82, 2.24) is 9.78 Å². The molecule has 0 atom stereocenters. The monoisotopic (exact) mass is 404 g/mol. The molecule has 1 heterocycles. The van der Waals surface area contributed by atoms with E-state index in [1.165, 1.54) is 23.0 Å². The van der Waals surface area contributed by atoms with Crippen LogP contribution in [-0.4, -0.2) is 19.6 Å². The quantitative estimate of drug-likeness (QED) is 0.573. The fourth-order valence-electron chi connectivity index (χ4n) is 1.54. The van der Waals surface area contributed by atoms with E-state index in [9.17, 15) is 20.2 Å². The van der Waals surface area contributed by atoms with Gasteiger partial charge in [-0.1, -0.05) is 15.9 Å². The van der Waals surface area contributed by atoms with Crippen molar-refractivity contribution >= 4 is 43.4 Å². The van der Waals surface area contributed by atoms with Crippen LogP contribution in [0.15, 0.2) is 33.3 Å². The molecule has 0 N–H and O–H groups in total. The first-order valence-corrected chi connectivity index (χ1v) is 6.77. The molecule has 0 unspecified atom stereocenters. The van der Waals surface area contributed by atoms with Crippen molar-refractivity contribution < 1.29 is 9.85 Å². The van der Waals surface area contributed by atoms with Crippen molar-refractivity contribution in [3.63, 3.8) is 0 Å². The van der Waals surface area contributed by atoms with Crippen molar-refractivity contribution in [3.05, 3.63) is 59.1 Å². The summed E-state index contributed by atoms with van der Waals surface area (Å²) in [4.78, 5) is 20.2. The first-order chi connectivity index (χ1) is 9.38. The number of nitrogens with zero attached hydrogens (tertiary/aromatic N) is 4. The zero-order valence-electron chi connectivity index (χ0n) is 9.69. The van der Waals surface area contributed by atoms with E-state index < -0.39 is 9.85 Å². The molecule has 104 valence electrons. The number of halogens is 2. The molecule has 0 spiro atoms. The number of nitro groups is 2. The molecule has 2 aromatic rings. The zero-order chi connectivity index (χ0) is 14.9. The van der Waals surface area contributed by atoms with Gasteiger partial charge in [-0.15, -0.1) is 0 Å². The fraction of sp³-hybridized carbons (Fsp3) is 0.100. The Morgan fingerprint density at radius 2 is 1.85 bits per heavy atom. The molecule has 0 aliphatic heterocycles. The summed E-state index contributed by atoms with van der Waals surface area (Å²) in [6, 6.07) is 4.32. The minimum atomic E-state index is -0.592. The third-order valence-corrected chi connectivity index (χ3v) is 3.75. The van der Waals surface area contributed by atoms with E-state index in [1.807, 2.05) is 0 Å². The topological polar surface area (TPSA) is 104 Å². The second-order valence-corrected chi connectivity index (χ2v) is 5.50. The maximum absolute atomic E-state index is 10.7. The van der Waals surface area contributed by atoms with Crippen LogP contribution in [0.25, 0.3) is 0 Å². The maximum atomic E-state index is 10.7. The highest BCUT2D eigenvalue weighted by Gasteiger charge is 2.19.